The van der Waals surface area contributed by atoms with E-state index in [1.807, 2.05) is 0 Å². The van der Waals surface area contributed by atoms with E-state index in [4.69, 9.17) is 0 Å². The molecule has 0 aliphatic rings. The van der Waals surface area contributed by atoms with E-state index in [2.05, 4.69) is 9.72 Å². The number of rotatable bonds is 3. The molecule has 0 fully saturated rings. The Morgan fingerprint density at radius 3 is 2.53 bits per heavy atom. The second kappa shape index (κ2) is 4.81. The van der Waals surface area contributed by atoms with E-state index in [0.29, 0.717) is 6.07 Å². The number of nitro groups is 1. The Morgan fingerprint density at radius 1 is 1.53 bits per heavy atom. The summed E-state index contributed by atoms with van der Waals surface area (Å²) >= 11 is 1.31. The molecule has 0 unspecified atom stereocenters. The van der Waals surface area contributed by atoms with Crippen molar-refractivity contribution in [2.75, 3.05) is 0 Å². The number of aromatic nitrogens is 1. The molecule has 0 saturated heterocycles. The van der Waals surface area contributed by atoms with Crippen LogP contribution in [0.5, 0.6) is 5.75 Å². The first kappa shape index (κ1) is 13.6. The molecule has 0 spiro atoms. The maximum absolute atomic E-state index is 12.0. The molecule has 0 radical (unpaired) electrons. The minimum absolute atomic E-state index is 0.187. The topological polar surface area (TPSA) is 82.3 Å². The van der Waals surface area contributed by atoms with Gasteiger partial charge in [-0.1, -0.05) is 0 Å². The Bertz CT molecular complexity index is 477. The van der Waals surface area contributed by atoms with E-state index >= 15 is 0 Å². The van der Waals surface area contributed by atoms with E-state index in [9.17, 15) is 28.1 Å². The van der Waals surface area contributed by atoms with Gasteiger partial charge in [0.1, 0.15) is 5.69 Å². The van der Waals surface area contributed by atoms with Crippen LogP contribution in [0, 0.1) is 13.8 Å². The molecule has 0 saturated carbocycles. The number of aldehydes is 1. The van der Waals surface area contributed by atoms with Crippen LogP contribution in [-0.2, 0) is 0 Å². The second-order valence-corrected chi connectivity index (χ2v) is 3.63. The minimum atomic E-state index is -5.07. The fraction of sp³-hybridized carbons (Fsp3) is 0.143. The van der Waals surface area contributed by atoms with Gasteiger partial charge in [-0.2, -0.15) is 0 Å². The SMILES string of the molecule is O=Cc1cc([N+](=O)[O-])c(OC(F)(F)F)c(I)n1. The zero-order valence-corrected chi connectivity index (χ0v) is 9.85. The van der Waals surface area contributed by atoms with Gasteiger partial charge in [0.2, 0.25) is 5.75 Å². The van der Waals surface area contributed by atoms with E-state index in [-0.39, 0.29) is 12.0 Å². The Kier molecular flexibility index (Phi) is 3.85. The summed E-state index contributed by atoms with van der Waals surface area (Å²) in [6.45, 7) is 0. The number of halogens is 4. The first-order valence-electron chi connectivity index (χ1n) is 3.80. The lowest BCUT2D eigenvalue weighted by molar-refractivity contribution is -0.388. The molecule has 0 bridgehead atoms. The first-order valence-corrected chi connectivity index (χ1v) is 4.88. The number of carbonyl (C=O) groups excluding carboxylic acids is 1. The normalized spacial score (nSPS) is 11.1. The summed E-state index contributed by atoms with van der Waals surface area (Å²) in [6.07, 6.45) is -4.89. The number of ether oxygens (including phenoxy) is 1. The molecule has 10 heteroatoms. The molecule has 0 N–H and O–H groups in total. The third-order valence-corrected chi connectivity index (χ3v) is 2.20. The van der Waals surface area contributed by atoms with Gasteiger partial charge in [0, 0.05) is 6.07 Å². The number of carbonyl (C=O) groups is 1. The number of pyridine rings is 1. The third-order valence-electron chi connectivity index (χ3n) is 1.47. The van der Waals surface area contributed by atoms with E-state index in [0.717, 1.165) is 0 Å². The van der Waals surface area contributed by atoms with Gasteiger partial charge in [0.15, 0.2) is 9.99 Å². The highest BCUT2D eigenvalue weighted by atomic mass is 127. The van der Waals surface area contributed by atoms with E-state index in [1.165, 1.54) is 22.6 Å². The number of alkyl halides is 3. The van der Waals surface area contributed by atoms with Crippen LogP contribution in [-0.4, -0.2) is 22.6 Å². The highest BCUT2D eigenvalue weighted by molar-refractivity contribution is 14.1. The minimum Gasteiger partial charge on any atom is -0.396 e. The molecule has 1 aromatic rings. The van der Waals surface area contributed by atoms with Crippen molar-refractivity contribution in [2.24, 2.45) is 0 Å². The Balaban J connectivity index is 3.36. The Labute approximate surface area is 105 Å². The summed E-state index contributed by atoms with van der Waals surface area (Å²) in [7, 11) is 0. The van der Waals surface area contributed by atoms with Crippen LogP contribution >= 0.6 is 22.6 Å². The van der Waals surface area contributed by atoms with Crippen molar-refractivity contribution in [3.05, 3.63) is 25.6 Å². The molecule has 17 heavy (non-hydrogen) atoms. The van der Waals surface area contributed by atoms with Crippen molar-refractivity contribution in [1.29, 1.82) is 0 Å². The van der Waals surface area contributed by atoms with Gasteiger partial charge in [-0.15, -0.1) is 13.2 Å². The zero-order valence-electron chi connectivity index (χ0n) is 7.69. The molecular formula is C7H2F3IN2O4. The Morgan fingerprint density at radius 2 is 2.12 bits per heavy atom. The summed E-state index contributed by atoms with van der Waals surface area (Å²) in [5.74, 6) is -1.03. The average Bonchev–Trinajstić information content (AvgIpc) is 2.18. The molecule has 0 aliphatic heterocycles. The summed E-state index contributed by atoms with van der Waals surface area (Å²) in [4.78, 5) is 23.2. The highest BCUT2D eigenvalue weighted by Gasteiger charge is 2.36. The maximum atomic E-state index is 12.0. The molecule has 6 nitrogen and oxygen atoms in total. The molecule has 1 heterocycles. The molecule has 0 atom stereocenters. The smallest absolute Gasteiger partial charge is 0.396 e. The predicted molar refractivity (Wildman–Crippen MR) is 55.7 cm³/mol. The molecule has 0 amide bonds. The van der Waals surface area contributed by atoms with E-state index in [1.54, 1.807) is 0 Å². The molecular weight excluding hydrogens is 360 g/mol. The van der Waals surface area contributed by atoms with Gasteiger partial charge in [-0.25, -0.2) is 4.98 Å². The lowest BCUT2D eigenvalue weighted by Crippen LogP contribution is -2.19. The lowest BCUT2D eigenvalue weighted by Gasteiger charge is -2.10. The van der Waals surface area contributed by atoms with Crippen LogP contribution in [0.2, 0.25) is 0 Å². The summed E-state index contributed by atoms with van der Waals surface area (Å²) in [5, 5.41) is 10.5. The van der Waals surface area contributed by atoms with Gasteiger partial charge < -0.3 is 4.74 Å². The lowest BCUT2D eigenvalue weighted by atomic mass is 10.3. The van der Waals surface area contributed by atoms with Crippen LogP contribution in [0.15, 0.2) is 6.07 Å². The van der Waals surface area contributed by atoms with Crippen molar-refractivity contribution < 1.29 is 27.6 Å². The van der Waals surface area contributed by atoms with Gasteiger partial charge in [0.25, 0.3) is 0 Å². The maximum Gasteiger partial charge on any atom is 0.573 e. The number of hydrogen-bond acceptors (Lipinski definition) is 5. The van der Waals surface area contributed by atoms with Crippen molar-refractivity contribution in [2.45, 2.75) is 6.36 Å². The Hall–Kier alpha value is -1.46. The van der Waals surface area contributed by atoms with Gasteiger partial charge in [0.05, 0.1) is 4.92 Å². The number of nitrogens with zero attached hydrogens (tertiary/aromatic N) is 2. The first-order chi connectivity index (χ1) is 7.74. The zero-order chi connectivity index (χ0) is 13.2. The summed E-state index contributed by atoms with van der Waals surface area (Å²) < 4.78 is 39.1. The van der Waals surface area contributed by atoms with Crippen LogP contribution < -0.4 is 4.74 Å². The summed E-state index contributed by atoms with van der Waals surface area (Å²) in [5.41, 5.74) is -1.32. The second-order valence-electron chi connectivity index (χ2n) is 2.61. The fourth-order valence-corrected chi connectivity index (χ4v) is 1.58. The van der Waals surface area contributed by atoms with Crippen molar-refractivity contribution in [3.8, 4) is 5.75 Å². The van der Waals surface area contributed by atoms with E-state index < -0.39 is 26.4 Å². The van der Waals surface area contributed by atoms with Crippen molar-refractivity contribution in [1.82, 2.24) is 4.98 Å². The largest absolute Gasteiger partial charge is 0.573 e. The highest BCUT2D eigenvalue weighted by Crippen LogP contribution is 2.35. The molecule has 1 rings (SSSR count). The number of hydrogen-bond donors (Lipinski definition) is 0. The summed E-state index contributed by atoms with van der Waals surface area (Å²) in [6, 6.07) is 0.607. The van der Waals surface area contributed by atoms with Crippen molar-refractivity contribution in [3.63, 3.8) is 0 Å². The standard InChI is InChI=1S/C7H2F3IN2O4/c8-7(9,10)17-5-4(13(15)16)1-3(2-14)12-6(5)11/h1-2H. The van der Waals surface area contributed by atoms with Crippen LogP contribution in [0.4, 0.5) is 18.9 Å². The predicted octanol–water partition coefficient (Wildman–Crippen LogP) is 2.31. The van der Waals surface area contributed by atoms with Crippen LogP contribution in [0.3, 0.4) is 0 Å². The monoisotopic (exact) mass is 362 g/mol. The van der Waals surface area contributed by atoms with Crippen molar-refractivity contribution >= 4 is 34.6 Å². The molecule has 1 aromatic heterocycles. The van der Waals surface area contributed by atoms with Crippen LogP contribution in [0.1, 0.15) is 10.5 Å². The molecule has 0 aromatic carbocycles. The molecule has 92 valence electrons. The van der Waals surface area contributed by atoms with Gasteiger partial charge >= 0.3 is 12.0 Å². The molecule has 0 aliphatic carbocycles. The quantitative estimate of drug-likeness (QED) is 0.271. The third kappa shape index (κ3) is 3.51. The van der Waals surface area contributed by atoms with Crippen LogP contribution in [0.25, 0.3) is 0 Å². The van der Waals surface area contributed by atoms with Gasteiger partial charge in [-0.05, 0) is 22.6 Å². The average molecular weight is 362 g/mol. The fourth-order valence-electron chi connectivity index (χ4n) is 0.914. The van der Waals surface area contributed by atoms with Gasteiger partial charge in [-0.3, -0.25) is 14.9 Å².